The van der Waals surface area contributed by atoms with Crippen LogP contribution in [0, 0.1) is 5.92 Å². The fourth-order valence-corrected chi connectivity index (χ4v) is 4.45. The van der Waals surface area contributed by atoms with Crippen LogP contribution in [-0.4, -0.2) is 34.2 Å². The normalized spacial score (nSPS) is 24.1. The molecule has 1 unspecified atom stereocenters. The van der Waals surface area contributed by atoms with E-state index < -0.39 is 15.1 Å². The largest absolute Gasteiger partial charge is 0.359 e. The summed E-state index contributed by atoms with van der Waals surface area (Å²) >= 11 is 0. The molecular weight excluding hydrogens is 264 g/mol. The zero-order chi connectivity index (χ0) is 13.9. The molecule has 0 saturated heterocycles. The van der Waals surface area contributed by atoms with Gasteiger partial charge >= 0.3 is 0 Å². The van der Waals surface area contributed by atoms with E-state index in [9.17, 15) is 8.42 Å². The number of ether oxygens (including phenoxy) is 2. The molecule has 0 N–H and O–H groups in total. The number of hydrogen-bond acceptors (Lipinski definition) is 4. The van der Waals surface area contributed by atoms with Crippen LogP contribution in [0.15, 0.2) is 30.3 Å². The fourth-order valence-electron chi connectivity index (χ4n) is 2.26. The zero-order valence-electron chi connectivity index (χ0n) is 11.3. The second-order valence-electron chi connectivity index (χ2n) is 4.95. The van der Waals surface area contributed by atoms with E-state index in [1.165, 1.54) is 0 Å². The number of hydrogen-bond donors (Lipinski definition) is 0. The zero-order valence-corrected chi connectivity index (χ0v) is 12.1. The molecule has 19 heavy (non-hydrogen) atoms. The van der Waals surface area contributed by atoms with E-state index in [1.54, 1.807) is 14.0 Å². The second-order valence-corrected chi connectivity index (χ2v) is 7.44. The molecule has 106 valence electrons. The molecule has 2 rings (SSSR count). The van der Waals surface area contributed by atoms with E-state index >= 15 is 0 Å². The lowest BCUT2D eigenvalue weighted by atomic mass is 10.2. The summed E-state index contributed by atoms with van der Waals surface area (Å²) < 4.78 is 34.9. The van der Waals surface area contributed by atoms with Crippen molar-refractivity contribution in [2.24, 2.45) is 5.92 Å². The highest BCUT2D eigenvalue weighted by atomic mass is 32.2. The molecule has 5 heteroatoms. The van der Waals surface area contributed by atoms with Gasteiger partial charge in [0.05, 0.1) is 17.1 Å². The maximum absolute atomic E-state index is 12.4. The van der Waals surface area contributed by atoms with Gasteiger partial charge in [-0.05, 0) is 18.9 Å². The first-order valence-electron chi connectivity index (χ1n) is 6.41. The van der Waals surface area contributed by atoms with Crippen LogP contribution < -0.4 is 0 Å². The van der Waals surface area contributed by atoms with Gasteiger partial charge in [-0.3, -0.25) is 0 Å². The predicted molar refractivity (Wildman–Crippen MR) is 73.5 cm³/mol. The van der Waals surface area contributed by atoms with Gasteiger partial charge in [-0.1, -0.05) is 30.3 Å². The summed E-state index contributed by atoms with van der Waals surface area (Å²) in [5.74, 6) is 0.117. The maximum atomic E-state index is 12.4. The van der Waals surface area contributed by atoms with Gasteiger partial charge < -0.3 is 9.47 Å². The van der Waals surface area contributed by atoms with E-state index in [1.807, 2.05) is 30.3 Å². The van der Waals surface area contributed by atoms with Crippen LogP contribution in [0.5, 0.6) is 0 Å². The first-order valence-corrected chi connectivity index (χ1v) is 8.02. The van der Waals surface area contributed by atoms with Crippen LogP contribution in [0.1, 0.15) is 24.2 Å². The van der Waals surface area contributed by atoms with Gasteiger partial charge in [0.1, 0.15) is 6.79 Å². The smallest absolute Gasteiger partial charge is 0.160 e. The molecule has 1 saturated carbocycles. The van der Waals surface area contributed by atoms with Crippen molar-refractivity contribution in [2.75, 3.05) is 20.5 Å². The van der Waals surface area contributed by atoms with E-state index in [4.69, 9.17) is 9.47 Å². The summed E-state index contributed by atoms with van der Waals surface area (Å²) in [7, 11) is -1.57. The van der Waals surface area contributed by atoms with Crippen molar-refractivity contribution >= 4 is 9.84 Å². The molecule has 0 amide bonds. The predicted octanol–water partition coefficient (Wildman–Crippen LogP) is 2.17. The summed E-state index contributed by atoms with van der Waals surface area (Å²) in [6.45, 7) is 2.44. The van der Waals surface area contributed by atoms with Crippen molar-refractivity contribution in [2.45, 2.75) is 23.8 Å². The minimum atomic E-state index is -3.13. The maximum Gasteiger partial charge on any atom is 0.160 e. The molecule has 0 aromatic heterocycles. The van der Waals surface area contributed by atoms with Crippen LogP contribution in [0.25, 0.3) is 0 Å². The molecule has 0 radical (unpaired) electrons. The van der Waals surface area contributed by atoms with Gasteiger partial charge in [-0.2, -0.15) is 0 Å². The monoisotopic (exact) mass is 284 g/mol. The highest BCUT2D eigenvalue weighted by molar-refractivity contribution is 7.92. The van der Waals surface area contributed by atoms with Gasteiger partial charge in [-0.15, -0.1) is 0 Å². The first-order chi connectivity index (χ1) is 9.07. The Morgan fingerprint density at radius 2 is 2.00 bits per heavy atom. The SMILES string of the molecule is COCOC[C@@H]1C[C@H]1S(=O)(=O)C(C)c1ccccc1. The molecule has 0 aliphatic heterocycles. The van der Waals surface area contributed by atoms with Crippen molar-refractivity contribution in [1.82, 2.24) is 0 Å². The van der Waals surface area contributed by atoms with Crippen molar-refractivity contribution in [3.8, 4) is 0 Å². The summed E-state index contributed by atoms with van der Waals surface area (Å²) in [6, 6.07) is 9.35. The number of rotatable bonds is 7. The number of methoxy groups -OCH3 is 1. The van der Waals surface area contributed by atoms with Crippen molar-refractivity contribution in [3.63, 3.8) is 0 Å². The van der Waals surface area contributed by atoms with Gasteiger partial charge in [0.2, 0.25) is 0 Å². The average Bonchev–Trinajstić information content (AvgIpc) is 3.19. The molecule has 1 aliphatic rings. The van der Waals surface area contributed by atoms with Gasteiger partial charge in [0, 0.05) is 13.0 Å². The van der Waals surface area contributed by atoms with Crippen molar-refractivity contribution in [1.29, 1.82) is 0 Å². The summed E-state index contributed by atoms with van der Waals surface area (Å²) in [5.41, 5.74) is 0.853. The Bertz CT molecular complexity index is 497. The Morgan fingerprint density at radius 3 is 2.63 bits per heavy atom. The molecule has 4 nitrogen and oxygen atoms in total. The fraction of sp³-hybridized carbons (Fsp3) is 0.571. The third-order valence-corrected chi connectivity index (χ3v) is 6.25. The van der Waals surface area contributed by atoms with Gasteiger partial charge in [0.15, 0.2) is 9.84 Å². The third kappa shape index (κ3) is 3.35. The lowest BCUT2D eigenvalue weighted by Gasteiger charge is -2.13. The minimum absolute atomic E-state index is 0.117. The Hall–Kier alpha value is -0.910. The van der Waals surface area contributed by atoms with Gasteiger partial charge in [-0.25, -0.2) is 8.42 Å². The Labute approximate surface area is 114 Å². The van der Waals surface area contributed by atoms with Crippen LogP contribution in [0.2, 0.25) is 0 Å². The van der Waals surface area contributed by atoms with Crippen LogP contribution in [0.3, 0.4) is 0 Å². The first kappa shape index (κ1) is 14.5. The van der Waals surface area contributed by atoms with E-state index in [0.717, 1.165) is 5.56 Å². The lowest BCUT2D eigenvalue weighted by molar-refractivity contribution is -0.0342. The van der Waals surface area contributed by atoms with Crippen molar-refractivity contribution in [3.05, 3.63) is 35.9 Å². The molecule has 0 bridgehead atoms. The molecule has 1 aromatic rings. The standard InChI is InChI=1S/C14H20O4S/c1-11(12-6-4-3-5-7-12)19(15,16)14-8-13(14)9-18-10-17-2/h3-7,11,13-14H,8-10H2,1-2H3/t11?,13-,14+/m0/s1. The molecule has 1 aliphatic carbocycles. The Kier molecular flexibility index (Phi) is 4.60. The molecule has 1 aromatic carbocycles. The molecule has 0 heterocycles. The van der Waals surface area contributed by atoms with Crippen LogP contribution in [-0.2, 0) is 19.3 Å². The number of sulfone groups is 1. The topological polar surface area (TPSA) is 52.6 Å². The summed E-state index contributed by atoms with van der Waals surface area (Å²) in [4.78, 5) is 0. The highest BCUT2D eigenvalue weighted by Crippen LogP contribution is 2.43. The van der Waals surface area contributed by atoms with E-state index in [0.29, 0.717) is 13.0 Å². The Balaban J connectivity index is 1.97. The number of benzene rings is 1. The third-order valence-electron chi connectivity index (χ3n) is 3.57. The summed E-state index contributed by atoms with van der Waals surface area (Å²) in [6.07, 6.45) is 0.698. The van der Waals surface area contributed by atoms with Crippen LogP contribution in [0.4, 0.5) is 0 Å². The van der Waals surface area contributed by atoms with Crippen LogP contribution >= 0.6 is 0 Å². The molecule has 1 fully saturated rings. The Morgan fingerprint density at radius 1 is 1.32 bits per heavy atom. The molecule has 0 spiro atoms. The van der Waals surface area contributed by atoms with E-state index in [-0.39, 0.29) is 18.0 Å². The summed E-state index contributed by atoms with van der Waals surface area (Å²) in [5, 5.41) is -0.717. The minimum Gasteiger partial charge on any atom is -0.359 e. The van der Waals surface area contributed by atoms with E-state index in [2.05, 4.69) is 0 Å². The average molecular weight is 284 g/mol. The lowest BCUT2D eigenvalue weighted by Crippen LogP contribution is -2.18. The second kappa shape index (κ2) is 6.03. The van der Waals surface area contributed by atoms with Gasteiger partial charge in [0.25, 0.3) is 0 Å². The highest BCUT2D eigenvalue weighted by Gasteiger charge is 2.49. The van der Waals surface area contributed by atoms with Crippen molar-refractivity contribution < 1.29 is 17.9 Å². The quantitative estimate of drug-likeness (QED) is 0.569. The molecular formula is C14H20O4S. The molecule has 3 atom stereocenters.